The fraction of sp³-hybridized carbons (Fsp3) is 0.714. The van der Waals surface area contributed by atoms with Gasteiger partial charge in [0.1, 0.15) is 0 Å². The van der Waals surface area contributed by atoms with E-state index in [2.05, 4.69) is 42.6 Å². The Morgan fingerprint density at radius 3 is 2.28 bits per heavy atom. The largest absolute Gasteiger partial charge is 0.343 e. The fourth-order valence-electron chi connectivity index (χ4n) is 1.90. The molecule has 0 spiro atoms. The van der Waals surface area contributed by atoms with Crippen molar-refractivity contribution in [3.63, 3.8) is 0 Å². The molecular formula is C14H26N4. The van der Waals surface area contributed by atoms with E-state index < -0.39 is 0 Å². The number of nitrogens with zero attached hydrogens (tertiary/aromatic N) is 3. The summed E-state index contributed by atoms with van der Waals surface area (Å²) in [4.78, 5) is 10.9. The highest BCUT2D eigenvalue weighted by atomic mass is 15.2. The number of nitrogens with two attached hydrogens (primary N) is 1. The van der Waals surface area contributed by atoms with Crippen molar-refractivity contribution in [1.29, 1.82) is 0 Å². The molecule has 0 aliphatic carbocycles. The number of rotatable bonds is 6. The Hall–Kier alpha value is -1.16. The molecule has 0 unspecified atom stereocenters. The molecule has 0 saturated heterocycles. The summed E-state index contributed by atoms with van der Waals surface area (Å²) in [6.45, 7) is 10.2. The van der Waals surface area contributed by atoms with Gasteiger partial charge in [-0.25, -0.2) is 9.97 Å². The predicted molar refractivity (Wildman–Crippen MR) is 76.7 cm³/mol. The first kappa shape index (κ1) is 14.9. The summed E-state index contributed by atoms with van der Waals surface area (Å²) in [6, 6.07) is 0. The number of anilines is 1. The van der Waals surface area contributed by atoms with Gasteiger partial charge in [0.05, 0.1) is 0 Å². The van der Waals surface area contributed by atoms with Gasteiger partial charge >= 0.3 is 0 Å². The van der Waals surface area contributed by atoms with Gasteiger partial charge in [-0.15, -0.1) is 0 Å². The molecule has 0 radical (unpaired) electrons. The summed E-state index contributed by atoms with van der Waals surface area (Å²) in [5, 5.41) is 0. The average Bonchev–Trinajstić information content (AvgIpc) is 2.28. The molecular weight excluding hydrogens is 224 g/mol. The molecule has 0 aromatic carbocycles. The molecule has 0 fully saturated rings. The first-order chi connectivity index (χ1) is 8.34. The van der Waals surface area contributed by atoms with Crippen LogP contribution in [0.4, 0.5) is 5.95 Å². The van der Waals surface area contributed by atoms with E-state index in [9.17, 15) is 0 Å². The fourth-order valence-corrected chi connectivity index (χ4v) is 1.90. The van der Waals surface area contributed by atoms with Gasteiger partial charge in [0.15, 0.2) is 0 Å². The maximum Gasteiger partial charge on any atom is 0.225 e. The lowest BCUT2D eigenvalue weighted by Gasteiger charge is -2.28. The van der Waals surface area contributed by atoms with E-state index in [1.807, 2.05) is 19.4 Å². The van der Waals surface area contributed by atoms with Crippen LogP contribution in [0.1, 0.15) is 33.3 Å². The topological polar surface area (TPSA) is 55.0 Å². The summed E-state index contributed by atoms with van der Waals surface area (Å²) in [5.74, 6) is 1.40. The molecule has 4 heteroatoms. The minimum absolute atomic E-state index is 0.0781. The van der Waals surface area contributed by atoms with E-state index in [1.165, 1.54) is 5.56 Å². The predicted octanol–water partition coefficient (Wildman–Crippen LogP) is 2.10. The van der Waals surface area contributed by atoms with Crippen LogP contribution in [0.25, 0.3) is 0 Å². The SMILES string of the molecule is CC(C)Cc1cnc(N(C)CC(C)(C)CN)nc1. The monoisotopic (exact) mass is 250 g/mol. The molecule has 1 rings (SSSR count). The van der Waals surface area contributed by atoms with Crippen molar-refractivity contribution in [2.24, 2.45) is 17.1 Å². The Labute approximate surface area is 111 Å². The number of hydrogen-bond donors (Lipinski definition) is 1. The van der Waals surface area contributed by atoms with Crippen molar-refractivity contribution in [2.75, 3.05) is 25.0 Å². The van der Waals surface area contributed by atoms with Gasteiger partial charge in [-0.05, 0) is 29.9 Å². The molecule has 0 aliphatic rings. The third-order valence-corrected chi connectivity index (χ3v) is 2.89. The molecule has 102 valence electrons. The molecule has 1 heterocycles. The van der Waals surface area contributed by atoms with Crippen LogP contribution in [-0.4, -0.2) is 30.1 Å². The quantitative estimate of drug-likeness (QED) is 0.840. The molecule has 18 heavy (non-hydrogen) atoms. The van der Waals surface area contributed by atoms with Crippen molar-refractivity contribution >= 4 is 5.95 Å². The zero-order valence-electron chi connectivity index (χ0n) is 12.3. The Morgan fingerprint density at radius 1 is 1.28 bits per heavy atom. The summed E-state index contributed by atoms with van der Waals surface area (Å²) < 4.78 is 0. The Morgan fingerprint density at radius 2 is 1.83 bits per heavy atom. The lowest BCUT2D eigenvalue weighted by atomic mass is 9.93. The standard InChI is InChI=1S/C14H26N4/c1-11(2)6-12-7-16-13(17-8-12)18(5)10-14(3,4)9-15/h7-8,11H,6,9-10,15H2,1-5H3. The summed E-state index contributed by atoms with van der Waals surface area (Å²) in [7, 11) is 2.01. The van der Waals surface area contributed by atoms with E-state index in [-0.39, 0.29) is 5.41 Å². The van der Waals surface area contributed by atoms with E-state index in [1.54, 1.807) is 0 Å². The normalized spacial score (nSPS) is 11.9. The molecule has 0 saturated carbocycles. The zero-order valence-corrected chi connectivity index (χ0v) is 12.3. The van der Waals surface area contributed by atoms with Gasteiger partial charge in [0.25, 0.3) is 0 Å². The van der Waals surface area contributed by atoms with Crippen molar-refractivity contribution in [3.05, 3.63) is 18.0 Å². The third kappa shape index (κ3) is 4.61. The highest BCUT2D eigenvalue weighted by Gasteiger charge is 2.19. The molecule has 2 N–H and O–H groups in total. The Bertz CT molecular complexity index is 357. The highest BCUT2D eigenvalue weighted by Crippen LogP contribution is 2.17. The van der Waals surface area contributed by atoms with Crippen LogP contribution in [0, 0.1) is 11.3 Å². The summed E-state index contributed by atoms with van der Waals surface area (Å²) >= 11 is 0. The van der Waals surface area contributed by atoms with E-state index in [0.29, 0.717) is 12.5 Å². The minimum Gasteiger partial charge on any atom is -0.343 e. The Kier molecular flexibility index (Phi) is 5.08. The number of aromatic nitrogens is 2. The van der Waals surface area contributed by atoms with Crippen LogP contribution in [0.3, 0.4) is 0 Å². The molecule has 0 atom stereocenters. The van der Waals surface area contributed by atoms with Crippen molar-refractivity contribution in [1.82, 2.24) is 9.97 Å². The summed E-state index contributed by atoms with van der Waals surface area (Å²) in [6.07, 6.45) is 4.88. The highest BCUT2D eigenvalue weighted by molar-refractivity contribution is 5.29. The second-order valence-corrected chi connectivity index (χ2v) is 6.21. The van der Waals surface area contributed by atoms with Crippen molar-refractivity contribution in [2.45, 2.75) is 34.1 Å². The Balaban J connectivity index is 2.67. The van der Waals surface area contributed by atoms with E-state index in [0.717, 1.165) is 18.9 Å². The van der Waals surface area contributed by atoms with Crippen molar-refractivity contribution < 1.29 is 0 Å². The van der Waals surface area contributed by atoms with Gasteiger partial charge in [-0.3, -0.25) is 0 Å². The second kappa shape index (κ2) is 6.14. The van der Waals surface area contributed by atoms with Gasteiger partial charge in [0.2, 0.25) is 5.95 Å². The first-order valence-electron chi connectivity index (χ1n) is 6.56. The minimum atomic E-state index is 0.0781. The summed E-state index contributed by atoms with van der Waals surface area (Å²) in [5.41, 5.74) is 7.02. The smallest absolute Gasteiger partial charge is 0.225 e. The molecule has 1 aromatic heterocycles. The van der Waals surface area contributed by atoms with Crippen LogP contribution >= 0.6 is 0 Å². The second-order valence-electron chi connectivity index (χ2n) is 6.21. The molecule has 1 aromatic rings. The van der Waals surface area contributed by atoms with Crippen LogP contribution in [0.5, 0.6) is 0 Å². The van der Waals surface area contributed by atoms with Crippen LogP contribution in [0.2, 0.25) is 0 Å². The lowest BCUT2D eigenvalue weighted by molar-refractivity contribution is 0.383. The van der Waals surface area contributed by atoms with Crippen LogP contribution in [0.15, 0.2) is 12.4 Å². The van der Waals surface area contributed by atoms with Gasteiger partial charge in [-0.2, -0.15) is 0 Å². The molecule has 4 nitrogen and oxygen atoms in total. The van der Waals surface area contributed by atoms with Gasteiger partial charge in [-0.1, -0.05) is 27.7 Å². The average molecular weight is 250 g/mol. The zero-order chi connectivity index (χ0) is 13.8. The van der Waals surface area contributed by atoms with Gasteiger partial charge < -0.3 is 10.6 Å². The first-order valence-corrected chi connectivity index (χ1v) is 6.56. The lowest BCUT2D eigenvalue weighted by Crippen LogP contribution is -2.37. The van der Waals surface area contributed by atoms with E-state index in [4.69, 9.17) is 5.73 Å². The van der Waals surface area contributed by atoms with Crippen LogP contribution < -0.4 is 10.6 Å². The van der Waals surface area contributed by atoms with E-state index >= 15 is 0 Å². The van der Waals surface area contributed by atoms with Crippen molar-refractivity contribution in [3.8, 4) is 0 Å². The maximum atomic E-state index is 5.74. The molecule has 0 amide bonds. The molecule has 0 aliphatic heterocycles. The van der Waals surface area contributed by atoms with Crippen LogP contribution in [-0.2, 0) is 6.42 Å². The van der Waals surface area contributed by atoms with Gasteiger partial charge in [0, 0.05) is 26.0 Å². The third-order valence-electron chi connectivity index (χ3n) is 2.89. The number of hydrogen-bond acceptors (Lipinski definition) is 4. The maximum absolute atomic E-state index is 5.74. The molecule has 0 bridgehead atoms.